The van der Waals surface area contributed by atoms with Crippen LogP contribution in [0.3, 0.4) is 0 Å². The second-order valence-electron chi connectivity index (χ2n) is 2.88. The maximum absolute atomic E-state index is 5.85. The number of rotatable bonds is 2. The first kappa shape index (κ1) is 9.74. The fourth-order valence-electron chi connectivity index (χ4n) is 1.29. The third kappa shape index (κ3) is 1.83. The van der Waals surface area contributed by atoms with Crippen molar-refractivity contribution in [3.63, 3.8) is 0 Å². The van der Waals surface area contributed by atoms with Crippen molar-refractivity contribution in [2.75, 3.05) is 0 Å². The lowest BCUT2D eigenvalue weighted by Crippen LogP contribution is -1.95. The molecule has 0 N–H and O–H groups in total. The van der Waals surface area contributed by atoms with Gasteiger partial charge in [0.15, 0.2) is 0 Å². The average Bonchev–Trinajstić information content (AvgIpc) is 2.70. The summed E-state index contributed by atoms with van der Waals surface area (Å²) in [6.45, 7) is 0. The monoisotopic (exact) mass is 270 g/mol. The predicted octanol–water partition coefficient (Wildman–Crippen LogP) is 3.37. The standard InChI is InChI=1S/C10H8BrClN2/c11-9-2-1-8(6-12)10(5-9)14-4-3-13-7-14/h1-5,7H,6H2. The van der Waals surface area contributed by atoms with Gasteiger partial charge in [0.25, 0.3) is 0 Å². The second kappa shape index (κ2) is 4.15. The summed E-state index contributed by atoms with van der Waals surface area (Å²) >= 11 is 9.29. The average molecular weight is 272 g/mol. The van der Waals surface area contributed by atoms with Crippen LogP contribution < -0.4 is 0 Å². The Morgan fingerprint density at radius 3 is 2.93 bits per heavy atom. The molecule has 0 aliphatic rings. The largest absolute Gasteiger partial charge is 0.306 e. The molecule has 0 unspecified atom stereocenters. The van der Waals surface area contributed by atoms with Gasteiger partial charge in [-0.15, -0.1) is 11.6 Å². The molecule has 0 spiro atoms. The predicted molar refractivity (Wildman–Crippen MR) is 60.8 cm³/mol. The van der Waals surface area contributed by atoms with E-state index in [1.165, 1.54) is 0 Å². The molecular weight excluding hydrogens is 263 g/mol. The van der Waals surface area contributed by atoms with Crippen molar-refractivity contribution >= 4 is 27.5 Å². The Hall–Kier alpha value is -0.800. The minimum absolute atomic E-state index is 0.501. The van der Waals surface area contributed by atoms with Gasteiger partial charge in [0, 0.05) is 22.7 Å². The number of nitrogens with zero attached hydrogens (tertiary/aromatic N) is 2. The molecule has 0 saturated heterocycles. The lowest BCUT2D eigenvalue weighted by molar-refractivity contribution is 1.03. The second-order valence-corrected chi connectivity index (χ2v) is 4.06. The molecule has 1 aromatic heterocycles. The van der Waals surface area contributed by atoms with Crippen molar-refractivity contribution in [3.05, 3.63) is 47.0 Å². The number of alkyl halides is 1. The van der Waals surface area contributed by atoms with Crippen molar-refractivity contribution in [1.82, 2.24) is 9.55 Å². The van der Waals surface area contributed by atoms with Gasteiger partial charge in [0.2, 0.25) is 0 Å². The van der Waals surface area contributed by atoms with Gasteiger partial charge in [-0.1, -0.05) is 22.0 Å². The van der Waals surface area contributed by atoms with Gasteiger partial charge in [0.1, 0.15) is 0 Å². The Balaban J connectivity index is 2.55. The highest BCUT2D eigenvalue weighted by Gasteiger charge is 2.03. The Morgan fingerprint density at radius 1 is 1.43 bits per heavy atom. The third-order valence-corrected chi connectivity index (χ3v) is 2.76. The topological polar surface area (TPSA) is 17.8 Å². The molecule has 2 nitrogen and oxygen atoms in total. The summed E-state index contributed by atoms with van der Waals surface area (Å²) in [6, 6.07) is 6.02. The first-order valence-electron chi connectivity index (χ1n) is 4.14. The van der Waals surface area contributed by atoms with E-state index in [4.69, 9.17) is 11.6 Å². The summed E-state index contributed by atoms with van der Waals surface area (Å²) in [4.78, 5) is 4.01. The molecular formula is C10H8BrClN2. The molecule has 0 amide bonds. The molecule has 14 heavy (non-hydrogen) atoms. The molecule has 4 heteroatoms. The SMILES string of the molecule is ClCc1ccc(Br)cc1-n1ccnc1. The van der Waals surface area contributed by atoms with E-state index in [2.05, 4.69) is 20.9 Å². The molecule has 1 heterocycles. The van der Waals surface area contributed by atoms with E-state index in [-0.39, 0.29) is 0 Å². The molecule has 2 rings (SSSR count). The minimum atomic E-state index is 0.501. The number of imidazole rings is 1. The molecule has 72 valence electrons. The van der Waals surface area contributed by atoms with Crippen LogP contribution in [0, 0.1) is 0 Å². The smallest absolute Gasteiger partial charge is 0.0991 e. The van der Waals surface area contributed by atoms with Crippen LogP contribution in [0.5, 0.6) is 0 Å². The number of benzene rings is 1. The van der Waals surface area contributed by atoms with Crippen LogP contribution in [0.4, 0.5) is 0 Å². The summed E-state index contributed by atoms with van der Waals surface area (Å²) in [7, 11) is 0. The van der Waals surface area contributed by atoms with E-state index in [1.807, 2.05) is 29.0 Å². The molecule has 0 radical (unpaired) electrons. The molecule has 0 aliphatic heterocycles. The van der Waals surface area contributed by atoms with Gasteiger partial charge in [-0.25, -0.2) is 4.98 Å². The zero-order valence-corrected chi connectivity index (χ0v) is 9.66. The van der Waals surface area contributed by atoms with Gasteiger partial charge in [-0.3, -0.25) is 0 Å². The first-order chi connectivity index (χ1) is 6.81. The van der Waals surface area contributed by atoms with Crippen LogP contribution in [0.2, 0.25) is 0 Å². The van der Waals surface area contributed by atoms with Crippen molar-refractivity contribution in [1.29, 1.82) is 0 Å². The first-order valence-corrected chi connectivity index (χ1v) is 5.47. The quantitative estimate of drug-likeness (QED) is 0.766. The highest BCUT2D eigenvalue weighted by Crippen LogP contribution is 2.21. The molecule has 0 fully saturated rings. The zero-order chi connectivity index (χ0) is 9.97. The maximum atomic E-state index is 5.85. The third-order valence-electron chi connectivity index (χ3n) is 1.97. The minimum Gasteiger partial charge on any atom is -0.306 e. The molecule has 0 bridgehead atoms. The van der Waals surface area contributed by atoms with E-state index in [0.717, 1.165) is 15.7 Å². The van der Waals surface area contributed by atoms with Crippen molar-refractivity contribution < 1.29 is 0 Å². The van der Waals surface area contributed by atoms with E-state index < -0.39 is 0 Å². The van der Waals surface area contributed by atoms with Gasteiger partial charge in [-0.05, 0) is 17.7 Å². The number of aromatic nitrogens is 2. The summed E-state index contributed by atoms with van der Waals surface area (Å²) in [5.74, 6) is 0.501. The number of hydrogen-bond donors (Lipinski definition) is 0. The van der Waals surface area contributed by atoms with Crippen molar-refractivity contribution in [2.45, 2.75) is 5.88 Å². The van der Waals surface area contributed by atoms with Gasteiger partial charge in [0.05, 0.1) is 12.0 Å². The van der Waals surface area contributed by atoms with Crippen LogP contribution in [0.1, 0.15) is 5.56 Å². The lowest BCUT2D eigenvalue weighted by Gasteiger charge is -2.07. The Morgan fingerprint density at radius 2 is 2.29 bits per heavy atom. The van der Waals surface area contributed by atoms with E-state index >= 15 is 0 Å². The maximum Gasteiger partial charge on any atom is 0.0991 e. The highest BCUT2D eigenvalue weighted by molar-refractivity contribution is 9.10. The fourth-order valence-corrected chi connectivity index (χ4v) is 1.87. The normalized spacial score (nSPS) is 10.4. The summed E-state index contributed by atoms with van der Waals surface area (Å²) in [5, 5.41) is 0. The van der Waals surface area contributed by atoms with Crippen molar-refractivity contribution in [3.8, 4) is 5.69 Å². The van der Waals surface area contributed by atoms with Gasteiger partial charge < -0.3 is 4.57 Å². The summed E-state index contributed by atoms with van der Waals surface area (Å²) in [5.41, 5.74) is 2.15. The van der Waals surface area contributed by atoms with Gasteiger partial charge in [-0.2, -0.15) is 0 Å². The fraction of sp³-hybridized carbons (Fsp3) is 0.100. The van der Waals surface area contributed by atoms with E-state index in [0.29, 0.717) is 5.88 Å². The van der Waals surface area contributed by atoms with Crippen molar-refractivity contribution in [2.24, 2.45) is 0 Å². The van der Waals surface area contributed by atoms with Crippen LogP contribution in [0.15, 0.2) is 41.4 Å². The molecule has 1 aromatic carbocycles. The van der Waals surface area contributed by atoms with Crippen LogP contribution in [-0.2, 0) is 5.88 Å². The molecule has 0 atom stereocenters. The molecule has 0 aliphatic carbocycles. The number of halogens is 2. The van der Waals surface area contributed by atoms with Crippen LogP contribution in [0.25, 0.3) is 5.69 Å². The Kier molecular flexibility index (Phi) is 2.89. The molecule has 0 saturated carbocycles. The van der Waals surface area contributed by atoms with Gasteiger partial charge >= 0.3 is 0 Å². The summed E-state index contributed by atoms with van der Waals surface area (Å²) < 4.78 is 2.98. The van der Waals surface area contributed by atoms with Crippen LogP contribution in [-0.4, -0.2) is 9.55 Å². The Labute approximate surface area is 95.7 Å². The molecule has 2 aromatic rings. The lowest BCUT2D eigenvalue weighted by atomic mass is 10.2. The Bertz CT molecular complexity index is 426. The number of hydrogen-bond acceptors (Lipinski definition) is 1. The van der Waals surface area contributed by atoms with E-state index in [1.54, 1.807) is 12.5 Å². The zero-order valence-electron chi connectivity index (χ0n) is 7.32. The van der Waals surface area contributed by atoms with Crippen LogP contribution >= 0.6 is 27.5 Å². The summed E-state index contributed by atoms with van der Waals surface area (Å²) in [6.07, 6.45) is 5.41. The highest BCUT2D eigenvalue weighted by atomic mass is 79.9. The van der Waals surface area contributed by atoms with E-state index in [9.17, 15) is 0 Å².